The molecule has 0 unspecified atom stereocenters. The fraction of sp³-hybridized carbons (Fsp3) is 0.706. The zero-order valence-electron chi connectivity index (χ0n) is 13.4. The largest absolute Gasteiger partial charge is 0.356 e. The molecule has 1 fully saturated rings. The van der Waals surface area contributed by atoms with Gasteiger partial charge in [-0.1, -0.05) is 26.7 Å². The zero-order valence-corrected chi connectivity index (χ0v) is 13.4. The number of halogens is 1. The van der Waals surface area contributed by atoms with Gasteiger partial charge in [0.1, 0.15) is 11.6 Å². The number of anilines is 1. The molecular formula is C17H28FN3. The van der Waals surface area contributed by atoms with Gasteiger partial charge in [0, 0.05) is 25.2 Å². The van der Waals surface area contributed by atoms with Crippen LogP contribution in [0.3, 0.4) is 0 Å². The van der Waals surface area contributed by atoms with Crippen LogP contribution in [0.5, 0.6) is 0 Å². The SMILES string of the molecule is CCCNCc1cc(F)cnc1N1CCC(CCC)CC1. The Morgan fingerprint density at radius 1 is 1.29 bits per heavy atom. The van der Waals surface area contributed by atoms with Gasteiger partial charge in [-0.25, -0.2) is 9.37 Å². The number of nitrogens with zero attached hydrogens (tertiary/aromatic N) is 2. The van der Waals surface area contributed by atoms with Crippen LogP contribution in [-0.4, -0.2) is 24.6 Å². The third-order valence-electron chi connectivity index (χ3n) is 4.26. The van der Waals surface area contributed by atoms with Crippen LogP contribution in [0, 0.1) is 11.7 Å². The Balaban J connectivity index is 2.01. The van der Waals surface area contributed by atoms with E-state index in [0.717, 1.165) is 43.4 Å². The molecule has 1 aliphatic heterocycles. The normalized spacial score (nSPS) is 16.4. The van der Waals surface area contributed by atoms with Gasteiger partial charge in [-0.15, -0.1) is 0 Å². The Morgan fingerprint density at radius 3 is 2.71 bits per heavy atom. The molecule has 0 aliphatic carbocycles. The molecule has 1 aliphatic rings. The fourth-order valence-electron chi connectivity index (χ4n) is 3.13. The van der Waals surface area contributed by atoms with Crippen LogP contribution in [0.4, 0.5) is 10.2 Å². The molecule has 1 aromatic rings. The average molecular weight is 293 g/mol. The van der Waals surface area contributed by atoms with E-state index in [1.807, 2.05) is 0 Å². The number of aromatic nitrogens is 1. The summed E-state index contributed by atoms with van der Waals surface area (Å²) in [4.78, 5) is 6.69. The van der Waals surface area contributed by atoms with Gasteiger partial charge in [0.15, 0.2) is 0 Å². The lowest BCUT2D eigenvalue weighted by Gasteiger charge is -2.33. The lowest BCUT2D eigenvalue weighted by atomic mass is 9.92. The van der Waals surface area contributed by atoms with Crippen LogP contribution in [0.2, 0.25) is 0 Å². The van der Waals surface area contributed by atoms with Crippen molar-refractivity contribution < 1.29 is 4.39 Å². The maximum atomic E-state index is 13.5. The maximum absolute atomic E-state index is 13.5. The van der Waals surface area contributed by atoms with Crippen LogP contribution in [-0.2, 0) is 6.54 Å². The Kier molecular flexibility index (Phi) is 6.43. The van der Waals surface area contributed by atoms with E-state index in [9.17, 15) is 4.39 Å². The predicted molar refractivity (Wildman–Crippen MR) is 86.0 cm³/mol. The topological polar surface area (TPSA) is 28.2 Å². The minimum Gasteiger partial charge on any atom is -0.356 e. The molecule has 0 atom stereocenters. The Hall–Kier alpha value is -1.16. The minimum atomic E-state index is -0.243. The first-order valence-corrected chi connectivity index (χ1v) is 8.34. The van der Waals surface area contributed by atoms with Crippen LogP contribution in [0.25, 0.3) is 0 Å². The molecule has 1 aromatic heterocycles. The molecule has 0 saturated carbocycles. The lowest BCUT2D eigenvalue weighted by molar-refractivity contribution is 0.376. The third kappa shape index (κ3) is 4.67. The molecule has 0 bridgehead atoms. The average Bonchev–Trinajstić information content (AvgIpc) is 2.49. The number of nitrogens with one attached hydrogen (secondary N) is 1. The highest BCUT2D eigenvalue weighted by atomic mass is 19.1. The monoisotopic (exact) mass is 293 g/mol. The molecule has 0 aromatic carbocycles. The van der Waals surface area contributed by atoms with Crippen molar-refractivity contribution in [3.8, 4) is 0 Å². The first kappa shape index (κ1) is 16.2. The van der Waals surface area contributed by atoms with Crippen LogP contribution < -0.4 is 10.2 Å². The van der Waals surface area contributed by atoms with Crippen molar-refractivity contribution in [2.75, 3.05) is 24.5 Å². The van der Waals surface area contributed by atoms with Gasteiger partial charge >= 0.3 is 0 Å². The number of rotatable bonds is 7. The standard InChI is InChI=1S/C17H28FN3/c1-3-5-14-6-9-21(10-7-14)17-15(12-19-8-4-2)11-16(18)13-20-17/h11,13-14,19H,3-10,12H2,1-2H3. The second-order valence-corrected chi connectivity index (χ2v) is 6.03. The molecule has 0 radical (unpaired) electrons. The first-order chi connectivity index (χ1) is 10.2. The van der Waals surface area contributed by atoms with Crippen LogP contribution >= 0.6 is 0 Å². The third-order valence-corrected chi connectivity index (χ3v) is 4.26. The van der Waals surface area contributed by atoms with Crippen molar-refractivity contribution in [1.29, 1.82) is 0 Å². The van der Waals surface area contributed by atoms with Gasteiger partial charge in [0.25, 0.3) is 0 Å². The molecule has 0 spiro atoms. The summed E-state index contributed by atoms with van der Waals surface area (Å²) in [6, 6.07) is 1.63. The van der Waals surface area contributed by atoms with E-state index >= 15 is 0 Å². The molecule has 3 nitrogen and oxygen atoms in total. The van der Waals surface area contributed by atoms with E-state index < -0.39 is 0 Å². The van der Waals surface area contributed by atoms with Crippen LogP contribution in [0.15, 0.2) is 12.3 Å². The van der Waals surface area contributed by atoms with E-state index in [-0.39, 0.29) is 5.82 Å². The maximum Gasteiger partial charge on any atom is 0.141 e. The van der Waals surface area contributed by atoms with Gasteiger partial charge in [-0.2, -0.15) is 0 Å². The molecular weight excluding hydrogens is 265 g/mol. The molecule has 118 valence electrons. The van der Waals surface area contributed by atoms with E-state index in [0.29, 0.717) is 6.54 Å². The highest BCUT2D eigenvalue weighted by Crippen LogP contribution is 2.27. The second-order valence-electron chi connectivity index (χ2n) is 6.03. The van der Waals surface area contributed by atoms with Crippen molar-refractivity contribution in [2.24, 2.45) is 5.92 Å². The number of pyridine rings is 1. The fourth-order valence-corrected chi connectivity index (χ4v) is 3.13. The minimum absolute atomic E-state index is 0.243. The Labute approximate surface area is 127 Å². The number of hydrogen-bond donors (Lipinski definition) is 1. The molecule has 1 N–H and O–H groups in total. The van der Waals surface area contributed by atoms with E-state index in [4.69, 9.17) is 0 Å². The Morgan fingerprint density at radius 2 is 2.05 bits per heavy atom. The zero-order chi connectivity index (χ0) is 15.1. The number of hydrogen-bond acceptors (Lipinski definition) is 3. The highest BCUT2D eigenvalue weighted by Gasteiger charge is 2.21. The summed E-state index contributed by atoms with van der Waals surface area (Å²) in [5.74, 6) is 1.58. The molecule has 1 saturated heterocycles. The molecule has 4 heteroatoms. The smallest absolute Gasteiger partial charge is 0.141 e. The summed E-state index contributed by atoms with van der Waals surface area (Å²) < 4.78 is 13.5. The summed E-state index contributed by atoms with van der Waals surface area (Å²) in [6.07, 6.45) is 7.49. The predicted octanol–water partition coefficient (Wildman–Crippen LogP) is 3.74. The first-order valence-electron chi connectivity index (χ1n) is 8.34. The highest BCUT2D eigenvalue weighted by molar-refractivity contribution is 5.47. The van der Waals surface area contributed by atoms with Gasteiger partial charge < -0.3 is 10.2 Å². The summed E-state index contributed by atoms with van der Waals surface area (Å²) >= 11 is 0. The van der Waals surface area contributed by atoms with Gasteiger partial charge in [-0.05, 0) is 37.8 Å². The molecule has 21 heavy (non-hydrogen) atoms. The molecule has 2 rings (SSSR count). The van der Waals surface area contributed by atoms with E-state index in [1.165, 1.54) is 31.9 Å². The van der Waals surface area contributed by atoms with Crippen molar-refractivity contribution >= 4 is 5.82 Å². The van der Waals surface area contributed by atoms with E-state index in [2.05, 4.69) is 29.0 Å². The van der Waals surface area contributed by atoms with E-state index in [1.54, 1.807) is 6.07 Å². The molecule has 2 heterocycles. The number of piperidine rings is 1. The second kappa shape index (κ2) is 8.32. The van der Waals surface area contributed by atoms with Gasteiger partial charge in [0.2, 0.25) is 0 Å². The lowest BCUT2D eigenvalue weighted by Crippen LogP contribution is -2.35. The van der Waals surface area contributed by atoms with Crippen molar-refractivity contribution in [1.82, 2.24) is 10.3 Å². The van der Waals surface area contributed by atoms with Crippen molar-refractivity contribution in [2.45, 2.75) is 52.5 Å². The van der Waals surface area contributed by atoms with Crippen molar-refractivity contribution in [3.05, 3.63) is 23.6 Å². The van der Waals surface area contributed by atoms with Crippen molar-refractivity contribution in [3.63, 3.8) is 0 Å². The summed E-state index contributed by atoms with van der Waals surface area (Å²) in [7, 11) is 0. The Bertz CT molecular complexity index is 428. The van der Waals surface area contributed by atoms with Crippen LogP contribution in [0.1, 0.15) is 51.5 Å². The van der Waals surface area contributed by atoms with Gasteiger partial charge in [0.05, 0.1) is 6.20 Å². The molecule has 0 amide bonds. The summed E-state index contributed by atoms with van der Waals surface area (Å²) in [6.45, 7) is 8.13. The summed E-state index contributed by atoms with van der Waals surface area (Å²) in [5.41, 5.74) is 0.984. The summed E-state index contributed by atoms with van der Waals surface area (Å²) in [5, 5.41) is 3.35. The van der Waals surface area contributed by atoms with Gasteiger partial charge in [-0.3, -0.25) is 0 Å². The quantitative estimate of drug-likeness (QED) is 0.776.